The molecule has 0 saturated carbocycles. The summed E-state index contributed by atoms with van der Waals surface area (Å²) >= 11 is 0. The van der Waals surface area contributed by atoms with Crippen molar-refractivity contribution in [2.45, 2.75) is 52.3 Å². The van der Waals surface area contributed by atoms with E-state index in [2.05, 4.69) is 0 Å². The summed E-state index contributed by atoms with van der Waals surface area (Å²) in [5, 5.41) is 0. The summed E-state index contributed by atoms with van der Waals surface area (Å²) < 4.78 is 27.0. The van der Waals surface area contributed by atoms with Gasteiger partial charge in [0.1, 0.15) is 5.75 Å². The van der Waals surface area contributed by atoms with Crippen LogP contribution in [0.3, 0.4) is 0 Å². The Kier molecular flexibility index (Phi) is 6.85. The number of ether oxygens (including phenoxy) is 5. The van der Waals surface area contributed by atoms with Gasteiger partial charge in [0, 0.05) is 19.8 Å². The van der Waals surface area contributed by atoms with Gasteiger partial charge in [0.25, 0.3) is 0 Å². The summed E-state index contributed by atoms with van der Waals surface area (Å²) in [6.07, 6.45) is -4.45. The molecule has 9 nitrogen and oxygen atoms in total. The molecule has 1 aromatic rings. The van der Waals surface area contributed by atoms with Crippen molar-refractivity contribution in [1.29, 1.82) is 0 Å². The van der Waals surface area contributed by atoms with Crippen molar-refractivity contribution < 1.29 is 38.1 Å². The number of carbonyl (C=O) groups is 3. The van der Waals surface area contributed by atoms with E-state index in [1.54, 1.807) is 25.1 Å². The van der Waals surface area contributed by atoms with Crippen LogP contribution in [0, 0.1) is 12.8 Å². The first-order chi connectivity index (χ1) is 13.1. The molecular weight excluding hydrogens is 370 g/mol. The monoisotopic (exact) mass is 395 g/mol. The number of benzene rings is 1. The van der Waals surface area contributed by atoms with Gasteiger partial charge in [-0.15, -0.1) is 0 Å². The molecule has 9 heteroatoms. The van der Waals surface area contributed by atoms with Crippen LogP contribution in [0.1, 0.15) is 26.3 Å². The van der Waals surface area contributed by atoms with Gasteiger partial charge in [0.15, 0.2) is 12.2 Å². The number of esters is 3. The number of anilines is 1. The highest BCUT2D eigenvalue weighted by Gasteiger charge is 2.52. The Morgan fingerprint density at radius 3 is 2.21 bits per heavy atom. The molecule has 0 aliphatic carbocycles. The van der Waals surface area contributed by atoms with Crippen LogP contribution in [0.2, 0.25) is 0 Å². The third-order valence-electron chi connectivity index (χ3n) is 4.31. The van der Waals surface area contributed by atoms with Gasteiger partial charge in [-0.25, -0.2) is 4.79 Å². The highest BCUT2D eigenvalue weighted by molar-refractivity contribution is 5.75. The molecule has 1 aliphatic heterocycles. The highest BCUT2D eigenvalue weighted by Crippen LogP contribution is 2.34. The third-order valence-corrected chi connectivity index (χ3v) is 4.31. The van der Waals surface area contributed by atoms with Gasteiger partial charge in [0.2, 0.25) is 12.4 Å². The summed E-state index contributed by atoms with van der Waals surface area (Å²) in [4.78, 5) is 35.4. The molecule has 2 N–H and O–H groups in total. The third kappa shape index (κ3) is 4.92. The van der Waals surface area contributed by atoms with Gasteiger partial charge in [-0.05, 0) is 24.6 Å². The van der Waals surface area contributed by atoms with Gasteiger partial charge in [-0.3, -0.25) is 9.59 Å². The topological polar surface area (TPSA) is 123 Å². The number of methoxy groups -OCH3 is 1. The van der Waals surface area contributed by atoms with Gasteiger partial charge in [0.05, 0.1) is 12.8 Å². The molecule has 0 aromatic heterocycles. The lowest BCUT2D eigenvalue weighted by atomic mass is 9.90. The van der Waals surface area contributed by atoms with E-state index in [0.717, 1.165) is 5.56 Å². The van der Waals surface area contributed by atoms with Crippen molar-refractivity contribution in [1.82, 2.24) is 0 Å². The van der Waals surface area contributed by atoms with E-state index in [4.69, 9.17) is 29.4 Å². The number of nitrogen functional groups attached to an aromatic ring is 1. The Hall–Kier alpha value is -2.81. The van der Waals surface area contributed by atoms with Gasteiger partial charge < -0.3 is 29.4 Å². The van der Waals surface area contributed by atoms with E-state index in [-0.39, 0.29) is 5.75 Å². The summed E-state index contributed by atoms with van der Waals surface area (Å²) in [7, 11) is 1.21. The molecule has 154 valence electrons. The average molecular weight is 395 g/mol. The maximum atomic E-state index is 12.2. The zero-order chi connectivity index (χ0) is 21.0. The molecule has 0 spiro atoms. The van der Waals surface area contributed by atoms with E-state index in [1.165, 1.54) is 21.0 Å². The minimum absolute atomic E-state index is 0.271. The number of nitrogens with two attached hydrogens (primary N) is 1. The van der Waals surface area contributed by atoms with Crippen LogP contribution < -0.4 is 10.5 Å². The van der Waals surface area contributed by atoms with E-state index in [0.29, 0.717) is 5.69 Å². The Bertz CT molecular complexity index is 749. The zero-order valence-electron chi connectivity index (χ0n) is 16.5. The van der Waals surface area contributed by atoms with Crippen molar-refractivity contribution in [3.8, 4) is 5.75 Å². The molecule has 1 aliphatic rings. The molecule has 0 radical (unpaired) electrons. The fourth-order valence-electron chi connectivity index (χ4n) is 3.03. The fraction of sp³-hybridized carbons (Fsp3) is 0.526. The maximum Gasteiger partial charge on any atom is 0.335 e. The minimum Gasteiger partial charge on any atom is -0.467 e. The van der Waals surface area contributed by atoms with Crippen molar-refractivity contribution >= 4 is 23.6 Å². The summed E-state index contributed by atoms with van der Waals surface area (Å²) in [6.45, 7) is 5.92. The quantitative estimate of drug-likeness (QED) is 0.447. The summed E-state index contributed by atoms with van der Waals surface area (Å²) in [5.41, 5.74) is 7.24. The van der Waals surface area contributed by atoms with Gasteiger partial charge >= 0.3 is 17.9 Å². The second-order valence-corrected chi connectivity index (χ2v) is 6.61. The Balaban J connectivity index is 2.41. The molecule has 1 saturated heterocycles. The van der Waals surface area contributed by atoms with E-state index >= 15 is 0 Å². The van der Waals surface area contributed by atoms with Crippen molar-refractivity contribution in [2.75, 3.05) is 12.8 Å². The average Bonchev–Trinajstić information content (AvgIpc) is 2.61. The van der Waals surface area contributed by atoms with Crippen LogP contribution in [0.15, 0.2) is 18.2 Å². The first-order valence-corrected chi connectivity index (χ1v) is 8.74. The van der Waals surface area contributed by atoms with Gasteiger partial charge in [-0.2, -0.15) is 0 Å². The Morgan fingerprint density at radius 2 is 1.68 bits per heavy atom. The molecule has 0 unspecified atom stereocenters. The molecule has 2 rings (SSSR count). The summed E-state index contributed by atoms with van der Waals surface area (Å²) in [5.74, 6) is -2.28. The second kappa shape index (κ2) is 8.92. The molecule has 5 atom stereocenters. The highest BCUT2D eigenvalue weighted by atomic mass is 16.7. The van der Waals surface area contributed by atoms with Gasteiger partial charge in [-0.1, -0.05) is 13.0 Å². The first kappa shape index (κ1) is 21.5. The van der Waals surface area contributed by atoms with E-state index in [9.17, 15) is 14.4 Å². The SMILES string of the molecule is COC(=O)[C@H]1O[C@@H](Oc2ccc(C)cc2N)[C@H](OC(C)=O)[C@@H](OC(C)=O)[C@@H]1C. The number of hydrogen-bond donors (Lipinski definition) is 1. The van der Waals surface area contributed by atoms with E-state index in [1.807, 2.05) is 6.92 Å². The fourth-order valence-corrected chi connectivity index (χ4v) is 3.03. The van der Waals surface area contributed by atoms with Crippen LogP contribution in [-0.2, 0) is 33.3 Å². The summed E-state index contributed by atoms with van der Waals surface area (Å²) in [6, 6.07) is 5.10. The van der Waals surface area contributed by atoms with Crippen LogP contribution in [0.4, 0.5) is 5.69 Å². The number of aryl methyl sites for hydroxylation is 1. The standard InChI is InChI=1S/C19H25NO8/c1-9-6-7-14(13(20)8-9)27-19-17(26-12(4)22)15(25-11(3)21)10(2)16(28-19)18(23)24-5/h6-8,10,15-17,19H,20H2,1-5H3/t10-,15-,16-,17+,19+/m0/s1. The second-order valence-electron chi connectivity index (χ2n) is 6.61. The number of hydrogen-bond acceptors (Lipinski definition) is 9. The normalized spacial score (nSPS) is 26.8. The minimum atomic E-state index is -1.25. The predicted octanol–water partition coefficient (Wildman–Crippen LogP) is 1.35. The Labute approximate surface area is 163 Å². The number of rotatable bonds is 5. The lowest BCUT2D eigenvalue weighted by Crippen LogP contribution is -2.60. The van der Waals surface area contributed by atoms with Crippen molar-refractivity contribution in [3.05, 3.63) is 23.8 Å². The van der Waals surface area contributed by atoms with Crippen LogP contribution >= 0.6 is 0 Å². The van der Waals surface area contributed by atoms with Crippen LogP contribution in [0.5, 0.6) is 5.75 Å². The molecule has 0 amide bonds. The van der Waals surface area contributed by atoms with Crippen LogP contribution in [-0.4, -0.2) is 49.6 Å². The molecule has 0 bridgehead atoms. The van der Waals surface area contributed by atoms with Crippen molar-refractivity contribution in [3.63, 3.8) is 0 Å². The lowest BCUT2D eigenvalue weighted by molar-refractivity contribution is -0.266. The lowest BCUT2D eigenvalue weighted by Gasteiger charge is -2.42. The Morgan fingerprint density at radius 1 is 1.07 bits per heavy atom. The first-order valence-electron chi connectivity index (χ1n) is 8.74. The maximum absolute atomic E-state index is 12.2. The number of carbonyl (C=O) groups excluding carboxylic acids is 3. The largest absolute Gasteiger partial charge is 0.467 e. The predicted molar refractivity (Wildman–Crippen MR) is 97.2 cm³/mol. The molecular formula is C19H25NO8. The molecule has 1 fully saturated rings. The molecule has 1 heterocycles. The van der Waals surface area contributed by atoms with Crippen molar-refractivity contribution in [2.24, 2.45) is 5.92 Å². The van der Waals surface area contributed by atoms with Crippen LogP contribution in [0.25, 0.3) is 0 Å². The zero-order valence-corrected chi connectivity index (χ0v) is 16.5. The molecule has 1 aromatic carbocycles. The smallest absolute Gasteiger partial charge is 0.335 e. The molecule has 28 heavy (non-hydrogen) atoms. The van der Waals surface area contributed by atoms with E-state index < -0.39 is 48.4 Å².